The highest BCUT2D eigenvalue weighted by molar-refractivity contribution is 6.03. The second-order valence-corrected chi connectivity index (χ2v) is 8.45. The number of anilines is 1. The minimum absolute atomic E-state index is 0.0693. The Labute approximate surface area is 179 Å². The Bertz CT molecular complexity index is 1050. The summed E-state index contributed by atoms with van der Waals surface area (Å²) in [5, 5.41) is 19.5. The Balaban J connectivity index is 1.54. The molecule has 2 aromatic rings. The number of carbonyl (C=O) groups is 3. The van der Waals surface area contributed by atoms with Crippen molar-refractivity contribution in [1.82, 2.24) is 15.1 Å². The summed E-state index contributed by atoms with van der Waals surface area (Å²) in [7, 11) is 1.65. The van der Waals surface area contributed by atoms with Crippen molar-refractivity contribution in [3.63, 3.8) is 0 Å². The largest absolute Gasteiger partial charge is 0.481 e. The van der Waals surface area contributed by atoms with Gasteiger partial charge in [0.25, 0.3) is 5.91 Å². The number of nitrogens with one attached hydrogen (secondary N) is 2. The number of carbonyl (C=O) groups excluding carboxylic acids is 2. The topological polar surface area (TPSA) is 126 Å². The molecule has 2 saturated carbocycles. The highest BCUT2D eigenvalue weighted by atomic mass is 16.4. The molecule has 0 saturated heterocycles. The first-order valence-electron chi connectivity index (χ1n) is 10.3. The van der Waals surface area contributed by atoms with E-state index >= 15 is 0 Å². The maximum atomic E-state index is 13.2. The Kier molecular flexibility index (Phi) is 5.43. The number of hydrogen-bond acceptors (Lipinski definition) is 5. The van der Waals surface area contributed by atoms with Crippen LogP contribution in [0.1, 0.15) is 42.9 Å². The Morgan fingerprint density at radius 1 is 1.23 bits per heavy atom. The molecule has 3 N–H and O–H groups in total. The third kappa shape index (κ3) is 3.75. The van der Waals surface area contributed by atoms with Crippen molar-refractivity contribution in [2.45, 2.75) is 33.2 Å². The second kappa shape index (κ2) is 8.05. The van der Waals surface area contributed by atoms with E-state index in [1.807, 2.05) is 13.8 Å². The van der Waals surface area contributed by atoms with Crippen molar-refractivity contribution >= 4 is 23.5 Å². The van der Waals surface area contributed by atoms with E-state index in [4.69, 9.17) is 4.42 Å². The van der Waals surface area contributed by atoms with Crippen molar-refractivity contribution in [2.24, 2.45) is 30.7 Å². The number of fused-ring (bicyclic) bond motifs is 2. The van der Waals surface area contributed by atoms with Crippen molar-refractivity contribution in [3.05, 3.63) is 47.2 Å². The molecular weight excluding hydrogens is 400 g/mol. The molecule has 2 heterocycles. The molecule has 2 amide bonds. The molecule has 2 aromatic heterocycles. The number of amides is 2. The van der Waals surface area contributed by atoms with Crippen LogP contribution in [0.2, 0.25) is 0 Å². The third-order valence-corrected chi connectivity index (χ3v) is 6.31. The summed E-state index contributed by atoms with van der Waals surface area (Å²) >= 11 is 0. The number of rotatable bonds is 6. The number of carboxylic acid groups (broad SMARTS) is 1. The zero-order valence-electron chi connectivity index (χ0n) is 17.7. The first-order chi connectivity index (χ1) is 14.8. The lowest BCUT2D eigenvalue weighted by Gasteiger charge is -2.26. The van der Waals surface area contributed by atoms with Gasteiger partial charge in [0, 0.05) is 13.2 Å². The summed E-state index contributed by atoms with van der Waals surface area (Å²) in [6, 6.07) is 3.46. The van der Waals surface area contributed by atoms with E-state index in [9.17, 15) is 19.5 Å². The predicted molar refractivity (Wildman–Crippen MR) is 111 cm³/mol. The van der Waals surface area contributed by atoms with Crippen LogP contribution < -0.4 is 10.6 Å². The van der Waals surface area contributed by atoms with Gasteiger partial charge in [-0.2, -0.15) is 5.10 Å². The third-order valence-electron chi connectivity index (χ3n) is 6.31. The molecule has 9 heteroatoms. The van der Waals surface area contributed by atoms with E-state index in [1.165, 1.54) is 10.9 Å². The number of allylic oxidation sites excluding steroid dienone is 2. The van der Waals surface area contributed by atoms with Gasteiger partial charge in [-0.05, 0) is 50.7 Å². The van der Waals surface area contributed by atoms with Crippen LogP contribution in [-0.2, 0) is 23.2 Å². The second-order valence-electron chi connectivity index (χ2n) is 8.45. The van der Waals surface area contributed by atoms with Gasteiger partial charge in [0.2, 0.25) is 5.91 Å². The van der Waals surface area contributed by atoms with E-state index in [1.54, 1.807) is 25.4 Å². The molecule has 0 spiro atoms. The lowest BCUT2D eigenvalue weighted by atomic mass is 9.78. The van der Waals surface area contributed by atoms with Crippen LogP contribution in [0.5, 0.6) is 0 Å². The fourth-order valence-corrected chi connectivity index (χ4v) is 5.23. The molecule has 0 radical (unpaired) electrons. The zero-order chi connectivity index (χ0) is 22.3. The number of nitrogens with zero attached hydrogens (tertiary/aromatic N) is 2. The predicted octanol–water partition coefficient (Wildman–Crippen LogP) is 2.57. The smallest absolute Gasteiger partial charge is 0.307 e. The molecule has 0 unspecified atom stereocenters. The summed E-state index contributed by atoms with van der Waals surface area (Å²) in [6.07, 6.45) is 4.66. The van der Waals surface area contributed by atoms with E-state index in [0.29, 0.717) is 5.76 Å². The summed E-state index contributed by atoms with van der Waals surface area (Å²) in [4.78, 5) is 37.9. The van der Waals surface area contributed by atoms with Crippen LogP contribution in [0, 0.1) is 23.7 Å². The quantitative estimate of drug-likeness (QED) is 0.610. The van der Waals surface area contributed by atoms with Crippen LogP contribution in [0.3, 0.4) is 0 Å². The van der Waals surface area contributed by atoms with Crippen LogP contribution >= 0.6 is 0 Å². The molecule has 4 rings (SSSR count). The summed E-state index contributed by atoms with van der Waals surface area (Å²) in [5.41, 5.74) is 2.53. The molecule has 2 fully saturated rings. The number of aromatic nitrogens is 2. The van der Waals surface area contributed by atoms with Gasteiger partial charge in [0.15, 0.2) is 5.69 Å². The number of aryl methyl sites for hydroxylation is 1. The Morgan fingerprint density at radius 2 is 1.94 bits per heavy atom. The number of aliphatic carboxylic acids is 1. The summed E-state index contributed by atoms with van der Waals surface area (Å²) < 4.78 is 6.65. The van der Waals surface area contributed by atoms with Gasteiger partial charge in [-0.15, -0.1) is 0 Å². The van der Waals surface area contributed by atoms with Crippen molar-refractivity contribution in [1.29, 1.82) is 0 Å². The number of hydrogen-bond donors (Lipinski definition) is 3. The van der Waals surface area contributed by atoms with Gasteiger partial charge in [-0.25, -0.2) is 0 Å². The monoisotopic (exact) mass is 426 g/mol. The molecule has 4 atom stereocenters. The number of furan rings is 1. The molecular formula is C22H26N4O5. The van der Waals surface area contributed by atoms with E-state index < -0.39 is 23.7 Å². The van der Waals surface area contributed by atoms with Gasteiger partial charge in [0.05, 0.1) is 30.3 Å². The zero-order valence-corrected chi connectivity index (χ0v) is 17.7. The highest BCUT2D eigenvalue weighted by Crippen LogP contribution is 2.57. The van der Waals surface area contributed by atoms with Crippen LogP contribution in [-0.4, -0.2) is 32.7 Å². The van der Waals surface area contributed by atoms with E-state index in [-0.39, 0.29) is 35.7 Å². The molecule has 2 aliphatic carbocycles. The molecule has 2 bridgehead atoms. The lowest BCUT2D eigenvalue weighted by Crippen LogP contribution is -2.38. The number of carboxylic acids is 1. The average molecular weight is 426 g/mol. The average Bonchev–Trinajstić information content (AvgIpc) is 3.48. The molecule has 31 heavy (non-hydrogen) atoms. The summed E-state index contributed by atoms with van der Waals surface area (Å²) in [6.45, 7) is 4.14. The lowest BCUT2D eigenvalue weighted by molar-refractivity contribution is -0.148. The van der Waals surface area contributed by atoms with Crippen molar-refractivity contribution < 1.29 is 23.9 Å². The maximum absolute atomic E-state index is 13.2. The Hall–Kier alpha value is -3.36. The molecule has 0 aromatic carbocycles. The minimum atomic E-state index is -0.950. The first kappa shape index (κ1) is 20.9. The van der Waals surface area contributed by atoms with Gasteiger partial charge in [-0.3, -0.25) is 19.1 Å². The highest BCUT2D eigenvalue weighted by Gasteiger charge is 2.57. The SMILES string of the molecule is CC(C)=C1[C@@H]2CC[C@@H]1[C@@H](C(=O)Nc1cn(C)nc1C(=O)NCc1ccco1)[C@@H]2C(=O)O. The first-order valence-corrected chi connectivity index (χ1v) is 10.3. The Morgan fingerprint density at radius 3 is 2.55 bits per heavy atom. The minimum Gasteiger partial charge on any atom is -0.481 e. The van der Waals surface area contributed by atoms with Gasteiger partial charge in [-0.1, -0.05) is 11.1 Å². The van der Waals surface area contributed by atoms with Gasteiger partial charge >= 0.3 is 5.97 Å². The maximum Gasteiger partial charge on any atom is 0.307 e. The van der Waals surface area contributed by atoms with Gasteiger partial charge < -0.3 is 20.2 Å². The van der Waals surface area contributed by atoms with Crippen LogP contribution in [0.15, 0.2) is 40.2 Å². The van der Waals surface area contributed by atoms with Crippen molar-refractivity contribution in [2.75, 3.05) is 5.32 Å². The summed E-state index contributed by atoms with van der Waals surface area (Å²) in [5.74, 6) is -2.80. The fraction of sp³-hybridized carbons (Fsp3) is 0.455. The molecule has 0 aliphatic heterocycles. The molecule has 164 valence electrons. The normalized spacial score (nSPS) is 24.3. The molecule has 2 aliphatic rings. The van der Waals surface area contributed by atoms with Crippen LogP contribution in [0.25, 0.3) is 0 Å². The van der Waals surface area contributed by atoms with Crippen LogP contribution in [0.4, 0.5) is 5.69 Å². The standard InChI is InChI=1S/C22H26N4O5/c1-11(2)16-13-6-7-14(16)18(22(29)30)17(13)20(27)24-15-10-26(3)25-19(15)21(28)23-9-12-5-4-8-31-12/h4-5,8,10,13-14,17-18H,6-7,9H2,1-3H3,(H,23,28)(H,24,27)(H,29,30)/t13-,14-,17+,18+/m0/s1. The van der Waals surface area contributed by atoms with Gasteiger partial charge in [0.1, 0.15) is 5.76 Å². The van der Waals surface area contributed by atoms with E-state index in [2.05, 4.69) is 15.7 Å². The van der Waals surface area contributed by atoms with E-state index in [0.717, 1.165) is 24.0 Å². The molecule has 9 nitrogen and oxygen atoms in total. The fourth-order valence-electron chi connectivity index (χ4n) is 5.23. The van der Waals surface area contributed by atoms with Crippen molar-refractivity contribution in [3.8, 4) is 0 Å².